The van der Waals surface area contributed by atoms with Gasteiger partial charge in [-0.05, 0) is 23.9 Å². The molecule has 2 heterocycles. The van der Waals surface area contributed by atoms with Crippen molar-refractivity contribution in [2.45, 2.75) is 19.9 Å². The Hall–Kier alpha value is -0.340. The van der Waals surface area contributed by atoms with Crippen LogP contribution in [0.4, 0.5) is 0 Å². The van der Waals surface area contributed by atoms with Gasteiger partial charge in [0.2, 0.25) is 0 Å². The minimum absolute atomic E-state index is 0.472. The molecule has 2 rings (SSSR count). The van der Waals surface area contributed by atoms with Crippen molar-refractivity contribution < 1.29 is 0 Å². The molecule has 0 radical (unpaired) electrons. The first-order chi connectivity index (χ1) is 5.61. The fraction of sp³-hybridized carbons (Fsp3) is 0.600. The van der Waals surface area contributed by atoms with Gasteiger partial charge in [0.15, 0.2) is 0 Å². The van der Waals surface area contributed by atoms with Crippen molar-refractivity contribution in [3.05, 3.63) is 22.4 Å². The normalized spacial score (nSPS) is 28.4. The molecule has 1 saturated heterocycles. The van der Waals surface area contributed by atoms with Crippen LogP contribution in [0.5, 0.6) is 0 Å². The molecule has 0 bridgehead atoms. The van der Waals surface area contributed by atoms with Gasteiger partial charge in [-0.15, -0.1) is 11.3 Å². The van der Waals surface area contributed by atoms with E-state index in [2.05, 4.69) is 43.3 Å². The van der Waals surface area contributed by atoms with E-state index in [1.165, 1.54) is 11.4 Å². The van der Waals surface area contributed by atoms with Crippen molar-refractivity contribution >= 4 is 11.3 Å². The van der Waals surface area contributed by atoms with Gasteiger partial charge in [-0.25, -0.2) is 0 Å². The van der Waals surface area contributed by atoms with E-state index in [0.29, 0.717) is 11.5 Å². The van der Waals surface area contributed by atoms with Crippen LogP contribution in [0.15, 0.2) is 17.5 Å². The monoisotopic (exact) mass is 181 g/mol. The third-order valence-corrected chi connectivity index (χ3v) is 3.58. The fourth-order valence-electron chi connectivity index (χ4n) is 2.35. The van der Waals surface area contributed by atoms with Crippen LogP contribution in [0.1, 0.15) is 24.8 Å². The topological polar surface area (TPSA) is 3.24 Å². The molecule has 1 aliphatic heterocycles. The number of hydrogen-bond acceptors (Lipinski definition) is 2. The quantitative estimate of drug-likeness (QED) is 0.644. The minimum Gasteiger partial charge on any atom is -0.297 e. The molecule has 0 spiro atoms. The number of thiophene rings is 1. The molecule has 0 aliphatic carbocycles. The van der Waals surface area contributed by atoms with Gasteiger partial charge < -0.3 is 0 Å². The summed E-state index contributed by atoms with van der Waals surface area (Å²) in [6.07, 6.45) is 0. The van der Waals surface area contributed by atoms with Crippen LogP contribution in [-0.2, 0) is 0 Å². The third-order valence-electron chi connectivity index (χ3n) is 2.65. The van der Waals surface area contributed by atoms with Gasteiger partial charge >= 0.3 is 0 Å². The summed E-state index contributed by atoms with van der Waals surface area (Å²) in [4.78, 5) is 3.93. The molecule has 1 unspecified atom stereocenters. The van der Waals surface area contributed by atoms with Gasteiger partial charge in [0.1, 0.15) is 0 Å². The molecule has 1 atom stereocenters. The first-order valence-corrected chi connectivity index (χ1v) is 5.23. The molecule has 0 aromatic carbocycles. The zero-order chi connectivity index (χ0) is 8.77. The first-order valence-electron chi connectivity index (χ1n) is 4.35. The van der Waals surface area contributed by atoms with Gasteiger partial charge in [-0.1, -0.05) is 19.9 Å². The van der Waals surface area contributed by atoms with Crippen LogP contribution < -0.4 is 0 Å². The smallest absolute Gasteiger partial charge is 0.0501 e. The Labute approximate surface area is 78.0 Å². The SMILES string of the molecule is CN1CC(C)(C)C1c1cccs1. The molecule has 66 valence electrons. The molecule has 2 heteroatoms. The lowest BCUT2D eigenvalue weighted by Gasteiger charge is -2.52. The molecule has 12 heavy (non-hydrogen) atoms. The van der Waals surface area contributed by atoms with E-state index in [1.54, 1.807) is 0 Å². The fourth-order valence-corrected chi connectivity index (χ4v) is 3.45. The Balaban J connectivity index is 2.24. The largest absolute Gasteiger partial charge is 0.297 e. The molecule has 1 nitrogen and oxygen atoms in total. The molecule has 1 aromatic rings. The van der Waals surface area contributed by atoms with Gasteiger partial charge in [-0.3, -0.25) is 4.90 Å². The molecular formula is C10H15NS. The summed E-state index contributed by atoms with van der Waals surface area (Å²) in [7, 11) is 2.20. The minimum atomic E-state index is 0.472. The Morgan fingerprint density at radius 1 is 1.58 bits per heavy atom. The van der Waals surface area contributed by atoms with Crippen LogP contribution in [0.2, 0.25) is 0 Å². The lowest BCUT2D eigenvalue weighted by atomic mass is 9.75. The molecular weight excluding hydrogens is 166 g/mol. The van der Waals surface area contributed by atoms with Crippen molar-refractivity contribution in [2.75, 3.05) is 13.6 Å². The maximum Gasteiger partial charge on any atom is 0.0501 e. The predicted octanol–water partition coefficient (Wildman–Crippen LogP) is 2.76. The van der Waals surface area contributed by atoms with E-state index < -0.39 is 0 Å². The maximum atomic E-state index is 2.42. The summed E-state index contributed by atoms with van der Waals surface area (Å²) < 4.78 is 0. The van der Waals surface area contributed by atoms with E-state index in [1.807, 2.05) is 11.3 Å². The Kier molecular flexibility index (Phi) is 1.77. The predicted molar refractivity (Wildman–Crippen MR) is 53.5 cm³/mol. The van der Waals surface area contributed by atoms with E-state index in [4.69, 9.17) is 0 Å². The molecule has 1 aliphatic rings. The van der Waals surface area contributed by atoms with Gasteiger partial charge in [0, 0.05) is 11.4 Å². The van der Waals surface area contributed by atoms with Crippen molar-refractivity contribution in [3.8, 4) is 0 Å². The van der Waals surface area contributed by atoms with Crippen LogP contribution in [0.3, 0.4) is 0 Å². The highest BCUT2D eigenvalue weighted by atomic mass is 32.1. The van der Waals surface area contributed by atoms with Gasteiger partial charge in [0.05, 0.1) is 6.04 Å². The van der Waals surface area contributed by atoms with Gasteiger partial charge in [-0.2, -0.15) is 0 Å². The lowest BCUT2D eigenvalue weighted by molar-refractivity contribution is -0.0285. The van der Waals surface area contributed by atoms with Gasteiger partial charge in [0.25, 0.3) is 0 Å². The standard InChI is InChI=1S/C10H15NS/c1-10(2)7-11(3)9(10)8-5-4-6-12-8/h4-6,9H,7H2,1-3H3. The summed E-state index contributed by atoms with van der Waals surface area (Å²) in [5, 5.41) is 2.16. The molecule has 1 fully saturated rings. The third kappa shape index (κ3) is 1.10. The van der Waals surface area contributed by atoms with Crippen molar-refractivity contribution in [3.63, 3.8) is 0 Å². The van der Waals surface area contributed by atoms with Crippen LogP contribution in [0, 0.1) is 5.41 Å². The number of rotatable bonds is 1. The number of likely N-dealkylation sites (tertiary alicyclic amines) is 1. The second-order valence-corrected chi connectivity index (χ2v) is 5.30. The van der Waals surface area contributed by atoms with Crippen molar-refractivity contribution in [1.29, 1.82) is 0 Å². The number of nitrogens with zero attached hydrogens (tertiary/aromatic N) is 1. The maximum absolute atomic E-state index is 2.42. The summed E-state index contributed by atoms with van der Waals surface area (Å²) in [5.41, 5.74) is 0.472. The first kappa shape index (κ1) is 8.27. The summed E-state index contributed by atoms with van der Waals surface area (Å²) in [5.74, 6) is 0. The zero-order valence-electron chi connectivity index (χ0n) is 7.87. The zero-order valence-corrected chi connectivity index (χ0v) is 8.69. The summed E-state index contributed by atoms with van der Waals surface area (Å²) in [6.45, 7) is 5.91. The van der Waals surface area contributed by atoms with E-state index in [9.17, 15) is 0 Å². The highest BCUT2D eigenvalue weighted by Gasteiger charge is 2.44. The molecule has 0 saturated carbocycles. The summed E-state index contributed by atoms with van der Waals surface area (Å²) >= 11 is 1.87. The van der Waals surface area contributed by atoms with Crippen molar-refractivity contribution in [1.82, 2.24) is 4.90 Å². The molecule has 0 amide bonds. The van der Waals surface area contributed by atoms with Crippen LogP contribution in [-0.4, -0.2) is 18.5 Å². The average molecular weight is 181 g/mol. The lowest BCUT2D eigenvalue weighted by Crippen LogP contribution is -2.52. The summed E-state index contributed by atoms with van der Waals surface area (Å²) in [6, 6.07) is 5.03. The van der Waals surface area contributed by atoms with Crippen LogP contribution in [0.25, 0.3) is 0 Å². The van der Waals surface area contributed by atoms with E-state index >= 15 is 0 Å². The Morgan fingerprint density at radius 3 is 2.75 bits per heavy atom. The molecule has 1 aromatic heterocycles. The average Bonchev–Trinajstić information content (AvgIpc) is 2.37. The highest BCUT2D eigenvalue weighted by Crippen LogP contribution is 2.48. The Bertz CT molecular complexity index is 263. The Morgan fingerprint density at radius 2 is 2.33 bits per heavy atom. The van der Waals surface area contributed by atoms with Crippen molar-refractivity contribution in [2.24, 2.45) is 5.41 Å². The van der Waals surface area contributed by atoms with E-state index in [0.717, 1.165) is 0 Å². The van der Waals surface area contributed by atoms with E-state index in [-0.39, 0.29) is 0 Å². The highest BCUT2D eigenvalue weighted by molar-refractivity contribution is 7.10. The second kappa shape index (κ2) is 2.57. The second-order valence-electron chi connectivity index (χ2n) is 4.32. The number of hydrogen-bond donors (Lipinski definition) is 0. The van der Waals surface area contributed by atoms with Crippen LogP contribution >= 0.6 is 11.3 Å². The molecule has 0 N–H and O–H groups in total.